The zero-order valence-corrected chi connectivity index (χ0v) is 22.8. The first-order valence-electron chi connectivity index (χ1n) is 12.6. The molecule has 3 rings (SSSR count). The Kier molecular flexibility index (Phi) is 9.75. The number of rotatable bonds is 11. The number of aliphatic carboxylic acids is 1. The molecular formula is C28H35N3O8. The Morgan fingerprint density at radius 3 is 2.41 bits per heavy atom. The van der Waals surface area contributed by atoms with E-state index < -0.39 is 18.1 Å². The maximum Gasteiger partial charge on any atom is 0.303 e. The summed E-state index contributed by atoms with van der Waals surface area (Å²) in [5.74, 6) is -0.183. The number of carboxylic acids is 1. The summed E-state index contributed by atoms with van der Waals surface area (Å²) < 4.78 is 16.9. The Hall–Kier alpha value is -4.28. The van der Waals surface area contributed by atoms with Crippen molar-refractivity contribution in [2.24, 2.45) is 0 Å². The third-order valence-electron chi connectivity index (χ3n) is 6.55. The van der Waals surface area contributed by atoms with E-state index in [1.165, 1.54) is 27.2 Å². The molecule has 0 radical (unpaired) electrons. The summed E-state index contributed by atoms with van der Waals surface area (Å²) in [6.07, 6.45) is 1.35. The number of anilines is 1. The van der Waals surface area contributed by atoms with E-state index in [9.17, 15) is 19.2 Å². The molecule has 0 bridgehead atoms. The van der Waals surface area contributed by atoms with Crippen LogP contribution >= 0.6 is 0 Å². The number of carboxylic acid groups (broad SMARTS) is 1. The Morgan fingerprint density at radius 1 is 1.08 bits per heavy atom. The minimum Gasteiger partial charge on any atom is -0.493 e. The minimum absolute atomic E-state index is 0.0517. The van der Waals surface area contributed by atoms with Gasteiger partial charge in [-0.25, -0.2) is 0 Å². The van der Waals surface area contributed by atoms with Gasteiger partial charge in [-0.15, -0.1) is 0 Å². The Labute approximate surface area is 226 Å². The smallest absolute Gasteiger partial charge is 0.303 e. The highest BCUT2D eigenvalue weighted by Gasteiger charge is 2.29. The summed E-state index contributed by atoms with van der Waals surface area (Å²) in [4.78, 5) is 48.7. The lowest BCUT2D eigenvalue weighted by molar-refractivity contribution is -0.137. The first-order chi connectivity index (χ1) is 18.6. The van der Waals surface area contributed by atoms with Crippen LogP contribution in [0.2, 0.25) is 0 Å². The Balaban J connectivity index is 2.09. The fourth-order valence-electron chi connectivity index (χ4n) is 4.73. The molecule has 0 aromatic heterocycles. The number of carbonyl (C=O) groups is 3. The third-order valence-corrected chi connectivity index (χ3v) is 6.55. The van der Waals surface area contributed by atoms with E-state index in [1.54, 1.807) is 26.2 Å². The topological polar surface area (TPSA) is 152 Å². The summed E-state index contributed by atoms with van der Waals surface area (Å²) in [6.45, 7) is 3.24. The van der Waals surface area contributed by atoms with Gasteiger partial charge in [0.2, 0.25) is 23.0 Å². The molecule has 2 atom stereocenters. The van der Waals surface area contributed by atoms with Crippen LogP contribution in [-0.2, 0) is 20.8 Å². The predicted molar refractivity (Wildman–Crippen MR) is 146 cm³/mol. The van der Waals surface area contributed by atoms with Crippen LogP contribution in [0.15, 0.2) is 29.1 Å². The molecule has 2 unspecified atom stereocenters. The molecule has 0 fully saturated rings. The van der Waals surface area contributed by atoms with Crippen LogP contribution in [0.4, 0.5) is 5.69 Å². The number of benzene rings is 1. The first kappa shape index (κ1) is 29.3. The van der Waals surface area contributed by atoms with Crippen molar-refractivity contribution in [2.45, 2.75) is 51.6 Å². The van der Waals surface area contributed by atoms with Crippen molar-refractivity contribution < 1.29 is 33.7 Å². The lowest BCUT2D eigenvalue weighted by Gasteiger charge is -2.19. The number of nitrogens with one attached hydrogen (secondary N) is 3. The van der Waals surface area contributed by atoms with Gasteiger partial charge >= 0.3 is 5.97 Å². The molecule has 0 spiro atoms. The van der Waals surface area contributed by atoms with Crippen LogP contribution in [0.25, 0.3) is 11.1 Å². The van der Waals surface area contributed by atoms with Crippen molar-refractivity contribution in [1.29, 1.82) is 0 Å². The molecule has 1 aliphatic carbocycles. The number of carbonyl (C=O) groups excluding carboxylic acids is 2. The Bertz CT molecular complexity index is 1310. The molecule has 39 heavy (non-hydrogen) atoms. The largest absolute Gasteiger partial charge is 0.493 e. The SMILES string of the molecule is COc1cc2c(c(OC)c1OC)-c1ccc(NC(C)C(=O)NCCCC(=O)O)c(=O)cc1C(NC(C)=O)CC2. The van der Waals surface area contributed by atoms with Crippen molar-refractivity contribution in [1.82, 2.24) is 10.6 Å². The molecule has 0 saturated heterocycles. The fourth-order valence-corrected chi connectivity index (χ4v) is 4.73. The number of aryl methyl sites for hydroxylation is 1. The second-order valence-corrected chi connectivity index (χ2v) is 9.25. The second kappa shape index (κ2) is 13.0. The monoisotopic (exact) mass is 541 g/mol. The molecule has 11 heteroatoms. The molecule has 2 aromatic rings. The second-order valence-electron chi connectivity index (χ2n) is 9.25. The maximum atomic E-state index is 13.4. The first-order valence-corrected chi connectivity index (χ1v) is 12.6. The summed E-state index contributed by atoms with van der Waals surface area (Å²) in [5, 5.41) is 17.3. The number of ether oxygens (including phenoxy) is 3. The van der Waals surface area contributed by atoms with E-state index in [4.69, 9.17) is 19.3 Å². The molecule has 2 amide bonds. The van der Waals surface area contributed by atoms with Crippen LogP contribution < -0.4 is 35.6 Å². The van der Waals surface area contributed by atoms with Crippen molar-refractivity contribution in [3.8, 4) is 28.4 Å². The zero-order valence-electron chi connectivity index (χ0n) is 22.8. The summed E-state index contributed by atoms with van der Waals surface area (Å²) in [7, 11) is 4.58. The van der Waals surface area contributed by atoms with Crippen molar-refractivity contribution in [3.63, 3.8) is 0 Å². The van der Waals surface area contributed by atoms with Gasteiger partial charge in [-0.05, 0) is 61.1 Å². The summed E-state index contributed by atoms with van der Waals surface area (Å²) in [6, 6.07) is 5.50. The molecule has 1 aliphatic rings. The predicted octanol–water partition coefficient (Wildman–Crippen LogP) is 2.64. The number of fused-ring (bicyclic) bond motifs is 3. The number of amides is 2. The van der Waals surface area contributed by atoms with Crippen LogP contribution in [0, 0.1) is 0 Å². The maximum absolute atomic E-state index is 13.4. The van der Waals surface area contributed by atoms with E-state index in [2.05, 4.69) is 16.0 Å². The number of hydrogen-bond acceptors (Lipinski definition) is 8. The van der Waals surface area contributed by atoms with Gasteiger partial charge in [0.1, 0.15) is 6.04 Å². The van der Waals surface area contributed by atoms with Gasteiger partial charge in [-0.2, -0.15) is 0 Å². The summed E-state index contributed by atoms with van der Waals surface area (Å²) >= 11 is 0. The average Bonchev–Trinajstić information content (AvgIpc) is 3.13. The highest BCUT2D eigenvalue weighted by atomic mass is 16.5. The van der Waals surface area contributed by atoms with Gasteiger partial charge in [0.25, 0.3) is 0 Å². The Morgan fingerprint density at radius 2 is 1.79 bits per heavy atom. The molecule has 0 aliphatic heterocycles. The fraction of sp³-hybridized carbons (Fsp3) is 0.429. The third kappa shape index (κ3) is 6.78. The minimum atomic E-state index is -0.935. The van der Waals surface area contributed by atoms with E-state index in [0.717, 1.165) is 11.1 Å². The van der Waals surface area contributed by atoms with Gasteiger partial charge < -0.3 is 35.3 Å². The molecule has 11 nitrogen and oxygen atoms in total. The normalized spacial score (nSPS) is 14.5. The van der Waals surface area contributed by atoms with Crippen LogP contribution in [0.5, 0.6) is 17.2 Å². The molecule has 0 heterocycles. The van der Waals surface area contributed by atoms with Crippen LogP contribution in [0.3, 0.4) is 0 Å². The van der Waals surface area contributed by atoms with Crippen LogP contribution in [-0.4, -0.2) is 56.8 Å². The van der Waals surface area contributed by atoms with E-state index in [0.29, 0.717) is 47.6 Å². The molecule has 2 aromatic carbocycles. The van der Waals surface area contributed by atoms with Crippen molar-refractivity contribution in [2.75, 3.05) is 33.2 Å². The summed E-state index contributed by atoms with van der Waals surface area (Å²) in [5.41, 5.74) is 2.75. The van der Waals surface area contributed by atoms with Gasteiger partial charge in [0.05, 0.1) is 33.1 Å². The van der Waals surface area contributed by atoms with Gasteiger partial charge in [0, 0.05) is 25.5 Å². The van der Waals surface area contributed by atoms with Crippen molar-refractivity contribution in [3.05, 3.63) is 45.6 Å². The van der Waals surface area contributed by atoms with Crippen LogP contribution in [0.1, 0.15) is 50.3 Å². The van der Waals surface area contributed by atoms with E-state index >= 15 is 0 Å². The van der Waals surface area contributed by atoms with Gasteiger partial charge in [-0.3, -0.25) is 19.2 Å². The molecule has 0 saturated carbocycles. The lowest BCUT2D eigenvalue weighted by Crippen LogP contribution is -2.38. The van der Waals surface area contributed by atoms with E-state index in [-0.39, 0.29) is 35.9 Å². The highest BCUT2D eigenvalue weighted by molar-refractivity contribution is 5.85. The molecular weight excluding hydrogens is 506 g/mol. The standard InChI is InChI=1S/C28H35N3O8/c1-15(28(36)29-12-6-7-24(34)35)30-21-11-9-18-19(14-22(21)33)20(31-16(2)32)10-8-17-13-23(37-3)26(38-4)27(39-5)25(17)18/h9,11,13-15,20H,6-8,10,12H2,1-5H3,(H,29,36)(H,30,33)(H,31,32)(H,34,35). The van der Waals surface area contributed by atoms with Gasteiger partial charge in [0.15, 0.2) is 11.5 Å². The highest BCUT2D eigenvalue weighted by Crippen LogP contribution is 2.50. The zero-order chi connectivity index (χ0) is 28.7. The quantitative estimate of drug-likeness (QED) is 0.315. The number of methoxy groups -OCH3 is 3. The lowest BCUT2D eigenvalue weighted by atomic mass is 9.95. The van der Waals surface area contributed by atoms with E-state index in [1.807, 2.05) is 6.07 Å². The average molecular weight is 542 g/mol. The molecule has 4 N–H and O–H groups in total. The van der Waals surface area contributed by atoms with Crippen molar-refractivity contribution >= 4 is 23.5 Å². The number of hydrogen-bond donors (Lipinski definition) is 4. The molecule has 210 valence electrons. The van der Waals surface area contributed by atoms with Gasteiger partial charge in [-0.1, -0.05) is 6.07 Å².